The lowest BCUT2D eigenvalue weighted by atomic mass is 10.2. The minimum atomic E-state index is -4.08. The molecule has 0 aliphatic rings. The number of anilines is 2. The van der Waals surface area contributed by atoms with Crippen molar-refractivity contribution in [3.63, 3.8) is 0 Å². The van der Waals surface area contributed by atoms with Crippen molar-refractivity contribution in [2.45, 2.75) is 18.7 Å². The van der Waals surface area contributed by atoms with Crippen molar-refractivity contribution in [1.29, 1.82) is 0 Å². The Morgan fingerprint density at radius 3 is 2.00 bits per heavy atom. The number of hydrogen-bond acceptors (Lipinski definition) is 6. The molecule has 0 aromatic heterocycles. The Morgan fingerprint density at radius 2 is 1.38 bits per heavy atom. The van der Waals surface area contributed by atoms with Gasteiger partial charge in [-0.25, -0.2) is 8.42 Å². The van der Waals surface area contributed by atoms with Crippen LogP contribution in [0.2, 0.25) is 0 Å². The summed E-state index contributed by atoms with van der Waals surface area (Å²) >= 11 is 0. The Labute approximate surface area is 200 Å². The van der Waals surface area contributed by atoms with Crippen molar-refractivity contribution in [2.75, 3.05) is 37.5 Å². The molecule has 1 amide bonds. The molecule has 0 fully saturated rings. The van der Waals surface area contributed by atoms with Crippen LogP contribution in [0, 0.1) is 13.8 Å². The number of sulfonamides is 1. The van der Waals surface area contributed by atoms with Gasteiger partial charge in [-0.1, -0.05) is 23.8 Å². The van der Waals surface area contributed by atoms with Crippen LogP contribution in [0.3, 0.4) is 0 Å². The van der Waals surface area contributed by atoms with Crippen molar-refractivity contribution in [2.24, 2.45) is 0 Å². The third-order valence-electron chi connectivity index (χ3n) is 5.17. The Hall–Kier alpha value is -3.72. The monoisotopic (exact) mass is 484 g/mol. The molecule has 0 saturated carbocycles. The lowest BCUT2D eigenvalue weighted by Gasteiger charge is -2.26. The fraction of sp³-hybridized carbons (Fsp3) is 0.240. The molecular formula is C25H28N2O6S. The number of nitrogens with zero attached hydrogens (tertiary/aromatic N) is 1. The van der Waals surface area contributed by atoms with Crippen LogP contribution in [0.5, 0.6) is 17.2 Å². The first-order chi connectivity index (χ1) is 16.2. The van der Waals surface area contributed by atoms with Crippen LogP contribution < -0.4 is 23.8 Å². The Bertz CT molecular complexity index is 1270. The molecule has 0 aliphatic carbocycles. The van der Waals surface area contributed by atoms with Crippen LogP contribution in [0.25, 0.3) is 0 Å². The summed E-state index contributed by atoms with van der Waals surface area (Å²) in [6, 6.07) is 16.5. The van der Waals surface area contributed by atoms with E-state index in [9.17, 15) is 13.2 Å². The highest BCUT2D eigenvalue weighted by Crippen LogP contribution is 2.34. The molecule has 9 heteroatoms. The summed E-state index contributed by atoms with van der Waals surface area (Å²) in [5, 5.41) is 2.73. The summed E-state index contributed by atoms with van der Waals surface area (Å²) in [6.07, 6.45) is 0. The first kappa shape index (κ1) is 24.9. The van der Waals surface area contributed by atoms with E-state index < -0.39 is 22.5 Å². The maximum Gasteiger partial charge on any atom is 0.264 e. The molecule has 0 spiro atoms. The van der Waals surface area contributed by atoms with Gasteiger partial charge in [-0.2, -0.15) is 0 Å². The fourth-order valence-corrected chi connectivity index (χ4v) is 4.80. The maximum absolute atomic E-state index is 13.6. The standard InChI is InChI=1S/C25H28N2O6S/c1-17-6-10-20(11-7-17)34(29,30)27(21-14-18(2)8-12-22(21)31-3)16-25(28)26-19-9-13-23(32-4)24(15-19)33-5/h6-15H,16H2,1-5H3,(H,26,28). The molecular weight excluding hydrogens is 456 g/mol. The topological polar surface area (TPSA) is 94.2 Å². The van der Waals surface area contributed by atoms with Gasteiger partial charge in [0.25, 0.3) is 10.0 Å². The van der Waals surface area contributed by atoms with E-state index in [1.54, 1.807) is 42.5 Å². The molecule has 0 unspecified atom stereocenters. The summed E-state index contributed by atoms with van der Waals surface area (Å²) in [6.45, 7) is 3.24. The minimum Gasteiger partial charge on any atom is -0.495 e. The Balaban J connectivity index is 2.00. The second kappa shape index (κ2) is 10.5. The Kier molecular flexibility index (Phi) is 7.68. The number of hydrogen-bond donors (Lipinski definition) is 1. The highest BCUT2D eigenvalue weighted by Gasteiger charge is 2.29. The highest BCUT2D eigenvalue weighted by atomic mass is 32.2. The molecule has 0 saturated heterocycles. The largest absolute Gasteiger partial charge is 0.495 e. The summed E-state index contributed by atoms with van der Waals surface area (Å²) in [4.78, 5) is 13.1. The lowest BCUT2D eigenvalue weighted by molar-refractivity contribution is -0.114. The molecule has 0 bridgehead atoms. The van der Waals surface area contributed by atoms with Crippen molar-refractivity contribution < 1.29 is 27.4 Å². The summed E-state index contributed by atoms with van der Waals surface area (Å²) in [5.74, 6) is 0.741. The van der Waals surface area contributed by atoms with Crippen LogP contribution in [-0.4, -0.2) is 42.2 Å². The predicted octanol–water partition coefficient (Wildman–Crippen LogP) is 4.16. The van der Waals surface area contributed by atoms with Crippen LogP contribution in [0.1, 0.15) is 11.1 Å². The first-order valence-electron chi connectivity index (χ1n) is 10.5. The number of nitrogens with one attached hydrogen (secondary N) is 1. The summed E-state index contributed by atoms with van der Waals surface area (Å²) in [5.41, 5.74) is 2.45. The summed E-state index contributed by atoms with van der Waals surface area (Å²) < 4.78 is 44.3. The van der Waals surface area contributed by atoms with Gasteiger partial charge < -0.3 is 19.5 Å². The van der Waals surface area contributed by atoms with Crippen LogP contribution in [0.4, 0.5) is 11.4 Å². The second-order valence-corrected chi connectivity index (χ2v) is 9.48. The zero-order chi connectivity index (χ0) is 24.9. The van der Waals surface area contributed by atoms with Crippen molar-refractivity contribution in [3.05, 3.63) is 71.8 Å². The molecule has 0 radical (unpaired) electrons. The van der Waals surface area contributed by atoms with Gasteiger partial charge in [0.05, 0.1) is 31.9 Å². The van der Waals surface area contributed by atoms with Crippen LogP contribution in [0.15, 0.2) is 65.6 Å². The molecule has 0 aliphatic heterocycles. The number of methoxy groups -OCH3 is 3. The quantitative estimate of drug-likeness (QED) is 0.490. The van der Waals surface area contributed by atoms with Gasteiger partial charge in [0.2, 0.25) is 5.91 Å². The number of amides is 1. The van der Waals surface area contributed by atoms with Crippen molar-refractivity contribution in [1.82, 2.24) is 0 Å². The first-order valence-corrected chi connectivity index (χ1v) is 11.9. The van der Waals surface area contributed by atoms with E-state index >= 15 is 0 Å². The van der Waals surface area contributed by atoms with E-state index in [2.05, 4.69) is 5.32 Å². The molecule has 3 aromatic rings. The molecule has 180 valence electrons. The van der Waals surface area contributed by atoms with Gasteiger partial charge >= 0.3 is 0 Å². The molecule has 3 rings (SSSR count). The normalized spacial score (nSPS) is 11.0. The van der Waals surface area contributed by atoms with Gasteiger partial charge in [-0.15, -0.1) is 0 Å². The number of carbonyl (C=O) groups excluding carboxylic acids is 1. The van der Waals surface area contributed by atoms with E-state index in [4.69, 9.17) is 14.2 Å². The zero-order valence-electron chi connectivity index (χ0n) is 19.8. The molecule has 8 nitrogen and oxygen atoms in total. The fourth-order valence-electron chi connectivity index (χ4n) is 3.38. The van der Waals surface area contributed by atoms with E-state index in [0.29, 0.717) is 22.9 Å². The zero-order valence-corrected chi connectivity index (χ0v) is 20.6. The molecule has 34 heavy (non-hydrogen) atoms. The summed E-state index contributed by atoms with van der Waals surface area (Å²) in [7, 11) is 0.372. The lowest BCUT2D eigenvalue weighted by Crippen LogP contribution is -2.38. The number of benzene rings is 3. The van der Waals surface area contributed by atoms with E-state index in [1.165, 1.54) is 33.5 Å². The number of carbonyl (C=O) groups is 1. The number of aryl methyl sites for hydroxylation is 2. The maximum atomic E-state index is 13.6. The highest BCUT2D eigenvalue weighted by molar-refractivity contribution is 7.92. The van der Waals surface area contributed by atoms with Crippen molar-refractivity contribution >= 4 is 27.3 Å². The van der Waals surface area contributed by atoms with Gasteiger partial charge in [0.15, 0.2) is 11.5 Å². The average Bonchev–Trinajstić information content (AvgIpc) is 2.82. The van der Waals surface area contributed by atoms with Crippen LogP contribution in [-0.2, 0) is 14.8 Å². The third-order valence-corrected chi connectivity index (χ3v) is 6.94. The van der Waals surface area contributed by atoms with Crippen molar-refractivity contribution in [3.8, 4) is 17.2 Å². The van der Waals surface area contributed by atoms with E-state index in [-0.39, 0.29) is 10.6 Å². The van der Waals surface area contributed by atoms with Crippen LogP contribution >= 0.6 is 0 Å². The Morgan fingerprint density at radius 1 is 0.794 bits per heavy atom. The minimum absolute atomic E-state index is 0.0700. The van der Waals surface area contributed by atoms with E-state index in [1.807, 2.05) is 19.9 Å². The van der Waals surface area contributed by atoms with Gasteiger partial charge in [-0.05, 0) is 55.8 Å². The van der Waals surface area contributed by atoms with Gasteiger partial charge in [-0.3, -0.25) is 9.10 Å². The smallest absolute Gasteiger partial charge is 0.264 e. The van der Waals surface area contributed by atoms with Gasteiger partial charge in [0.1, 0.15) is 12.3 Å². The predicted molar refractivity (Wildman–Crippen MR) is 132 cm³/mol. The second-order valence-electron chi connectivity index (χ2n) is 7.62. The number of rotatable bonds is 9. The number of ether oxygens (including phenoxy) is 3. The molecule has 0 heterocycles. The molecule has 0 atom stereocenters. The molecule has 1 N–H and O–H groups in total. The van der Waals surface area contributed by atoms with E-state index in [0.717, 1.165) is 15.4 Å². The molecule has 3 aromatic carbocycles. The SMILES string of the molecule is COc1ccc(NC(=O)CN(c2cc(C)ccc2OC)S(=O)(=O)c2ccc(C)cc2)cc1OC. The average molecular weight is 485 g/mol. The third kappa shape index (κ3) is 5.43. The van der Waals surface area contributed by atoms with Gasteiger partial charge in [0, 0.05) is 11.8 Å².